The molecule has 4 heterocycles. The Morgan fingerprint density at radius 2 is 1.90 bits per heavy atom. The number of hydrogen-bond acceptors (Lipinski definition) is 5. The van der Waals surface area contributed by atoms with Crippen molar-refractivity contribution in [1.29, 1.82) is 0 Å². The minimum Gasteiger partial charge on any atom is -0.242 e. The van der Waals surface area contributed by atoms with E-state index in [4.69, 9.17) is 21.6 Å². The molecule has 1 aliphatic carbocycles. The number of halogens is 1. The van der Waals surface area contributed by atoms with Crippen LogP contribution in [0.4, 0.5) is 0 Å². The Kier molecular flexibility index (Phi) is 3.95. The summed E-state index contributed by atoms with van der Waals surface area (Å²) in [5, 5.41) is 6.51. The molecule has 0 N–H and O–H groups in total. The van der Waals surface area contributed by atoms with E-state index in [2.05, 4.69) is 28.3 Å². The highest BCUT2D eigenvalue weighted by Gasteiger charge is 2.25. The first-order valence-corrected chi connectivity index (χ1v) is 11.2. The second kappa shape index (κ2) is 6.59. The molecular weight excluding hydrogens is 414 g/mol. The van der Waals surface area contributed by atoms with Crippen LogP contribution in [0.15, 0.2) is 36.7 Å². The summed E-state index contributed by atoms with van der Waals surface area (Å²) in [6.07, 6.45) is 4.85. The second-order valence-corrected chi connectivity index (χ2v) is 9.20. The summed E-state index contributed by atoms with van der Waals surface area (Å²) < 4.78 is 2.93. The van der Waals surface area contributed by atoms with Crippen LogP contribution in [-0.4, -0.2) is 24.7 Å². The van der Waals surface area contributed by atoms with Crippen LogP contribution < -0.4 is 0 Å². The van der Waals surface area contributed by atoms with Crippen LogP contribution in [0.5, 0.6) is 0 Å². The van der Waals surface area contributed by atoms with E-state index in [0.717, 1.165) is 67.5 Å². The summed E-state index contributed by atoms with van der Waals surface area (Å²) in [5.74, 6) is 0.816. The molecule has 0 spiro atoms. The number of rotatable bonds is 2. The van der Waals surface area contributed by atoms with E-state index in [1.165, 1.54) is 16.8 Å². The van der Waals surface area contributed by atoms with E-state index in [-0.39, 0.29) is 0 Å². The molecule has 4 aromatic heterocycles. The lowest BCUT2D eigenvalue weighted by Crippen LogP contribution is -2.02. The lowest BCUT2D eigenvalue weighted by Gasteiger charge is -2.11. The fourth-order valence-electron chi connectivity index (χ4n) is 4.51. The average molecular weight is 432 g/mol. The molecule has 1 aromatic carbocycles. The summed E-state index contributed by atoms with van der Waals surface area (Å²) in [5.41, 5.74) is 7.93. The van der Waals surface area contributed by atoms with Crippen molar-refractivity contribution in [3.63, 3.8) is 0 Å². The van der Waals surface area contributed by atoms with Gasteiger partial charge in [0, 0.05) is 21.8 Å². The molecule has 6 rings (SSSR count). The number of benzene rings is 1. The number of nitrogens with zero attached hydrogens (tertiary/aromatic N) is 5. The highest BCUT2D eigenvalue weighted by Crippen LogP contribution is 2.44. The van der Waals surface area contributed by atoms with Crippen LogP contribution in [0.1, 0.15) is 29.1 Å². The standard InChI is InChI=1S/C23H18ClN5S/c1-12-10-13(2)29(28-12)22-21-20(25-11-26-22)19-18(14-6-8-15(24)9-7-14)16-4-3-5-17(16)27-23(19)30-21/h6-11H,3-5H2,1-2H3. The Morgan fingerprint density at radius 1 is 1.07 bits per heavy atom. The van der Waals surface area contributed by atoms with Gasteiger partial charge in [0.15, 0.2) is 5.82 Å². The van der Waals surface area contributed by atoms with E-state index in [1.54, 1.807) is 17.7 Å². The zero-order chi connectivity index (χ0) is 20.4. The summed E-state index contributed by atoms with van der Waals surface area (Å²) in [6, 6.07) is 10.2. The van der Waals surface area contributed by atoms with Crippen LogP contribution in [-0.2, 0) is 12.8 Å². The van der Waals surface area contributed by atoms with E-state index >= 15 is 0 Å². The third-order valence-corrected chi connectivity index (χ3v) is 7.08. The molecule has 0 saturated heterocycles. The van der Waals surface area contributed by atoms with Gasteiger partial charge in [-0.3, -0.25) is 0 Å². The second-order valence-electron chi connectivity index (χ2n) is 7.77. The van der Waals surface area contributed by atoms with E-state index in [0.29, 0.717) is 0 Å². The number of thiophene rings is 1. The molecule has 5 nitrogen and oxygen atoms in total. The monoisotopic (exact) mass is 431 g/mol. The van der Waals surface area contributed by atoms with Gasteiger partial charge in [0.25, 0.3) is 0 Å². The Hall–Kier alpha value is -2.83. The summed E-state index contributed by atoms with van der Waals surface area (Å²) in [4.78, 5) is 15.4. The van der Waals surface area contributed by atoms with Crippen molar-refractivity contribution in [1.82, 2.24) is 24.7 Å². The molecule has 0 saturated carbocycles. The molecule has 1 aliphatic rings. The van der Waals surface area contributed by atoms with Gasteiger partial charge in [0.2, 0.25) is 0 Å². The third kappa shape index (κ3) is 2.60. The molecule has 0 radical (unpaired) electrons. The molecule has 30 heavy (non-hydrogen) atoms. The lowest BCUT2D eigenvalue weighted by molar-refractivity contribution is 0.811. The fourth-order valence-corrected chi connectivity index (χ4v) is 5.77. The largest absolute Gasteiger partial charge is 0.242 e. The number of aryl methyl sites for hydroxylation is 3. The maximum atomic E-state index is 6.17. The number of aromatic nitrogens is 5. The third-order valence-electron chi connectivity index (χ3n) is 5.75. The maximum absolute atomic E-state index is 6.17. The predicted octanol–water partition coefficient (Wildman–Crippen LogP) is 5.85. The minimum absolute atomic E-state index is 0.741. The Balaban J connectivity index is 1.73. The van der Waals surface area contributed by atoms with Crippen molar-refractivity contribution in [3.05, 3.63) is 64.3 Å². The van der Waals surface area contributed by atoms with Gasteiger partial charge in [0.05, 0.1) is 11.2 Å². The maximum Gasteiger partial charge on any atom is 0.174 e. The normalized spacial score (nSPS) is 13.4. The van der Waals surface area contributed by atoms with Gasteiger partial charge in [0.1, 0.15) is 15.9 Å². The molecular formula is C23H18ClN5S. The molecule has 0 bridgehead atoms. The zero-order valence-electron chi connectivity index (χ0n) is 16.6. The highest BCUT2D eigenvalue weighted by atomic mass is 35.5. The van der Waals surface area contributed by atoms with Crippen molar-refractivity contribution in [2.45, 2.75) is 33.1 Å². The molecule has 7 heteroatoms. The van der Waals surface area contributed by atoms with E-state index < -0.39 is 0 Å². The van der Waals surface area contributed by atoms with Crippen LogP contribution in [0, 0.1) is 13.8 Å². The van der Waals surface area contributed by atoms with Crippen molar-refractivity contribution in [2.24, 2.45) is 0 Å². The Morgan fingerprint density at radius 3 is 2.67 bits per heavy atom. The van der Waals surface area contributed by atoms with Crippen LogP contribution in [0.2, 0.25) is 5.02 Å². The molecule has 0 atom stereocenters. The molecule has 0 amide bonds. The van der Waals surface area contributed by atoms with Gasteiger partial charge in [-0.05, 0) is 68.0 Å². The van der Waals surface area contributed by atoms with Gasteiger partial charge >= 0.3 is 0 Å². The molecule has 0 aliphatic heterocycles. The summed E-state index contributed by atoms with van der Waals surface area (Å²) >= 11 is 7.83. The number of pyridine rings is 1. The number of hydrogen-bond donors (Lipinski definition) is 0. The first-order chi connectivity index (χ1) is 14.6. The van der Waals surface area contributed by atoms with Crippen molar-refractivity contribution in [3.8, 4) is 16.9 Å². The summed E-state index contributed by atoms with van der Waals surface area (Å²) in [7, 11) is 0. The van der Waals surface area contributed by atoms with Gasteiger partial charge in [-0.25, -0.2) is 19.6 Å². The van der Waals surface area contributed by atoms with Gasteiger partial charge in [-0.15, -0.1) is 11.3 Å². The lowest BCUT2D eigenvalue weighted by atomic mass is 9.96. The first kappa shape index (κ1) is 18.0. The highest BCUT2D eigenvalue weighted by molar-refractivity contribution is 7.25. The van der Waals surface area contributed by atoms with E-state index in [9.17, 15) is 0 Å². The zero-order valence-corrected chi connectivity index (χ0v) is 18.2. The van der Waals surface area contributed by atoms with Crippen molar-refractivity contribution < 1.29 is 0 Å². The van der Waals surface area contributed by atoms with Crippen LogP contribution in [0.25, 0.3) is 37.4 Å². The Labute approximate surface area is 182 Å². The predicted molar refractivity (Wildman–Crippen MR) is 122 cm³/mol. The molecule has 0 unspecified atom stereocenters. The molecule has 148 valence electrons. The fraction of sp³-hybridized carbons (Fsp3) is 0.217. The first-order valence-electron chi connectivity index (χ1n) is 9.98. The van der Waals surface area contributed by atoms with Gasteiger partial charge in [-0.1, -0.05) is 23.7 Å². The topological polar surface area (TPSA) is 56.5 Å². The Bertz CT molecular complexity index is 1450. The smallest absolute Gasteiger partial charge is 0.174 e. The van der Waals surface area contributed by atoms with Gasteiger partial charge < -0.3 is 0 Å². The van der Waals surface area contributed by atoms with Crippen LogP contribution >= 0.6 is 22.9 Å². The quantitative estimate of drug-likeness (QED) is 0.351. The molecule has 0 fully saturated rings. The van der Waals surface area contributed by atoms with Crippen LogP contribution in [0.3, 0.4) is 0 Å². The van der Waals surface area contributed by atoms with Crippen molar-refractivity contribution in [2.75, 3.05) is 0 Å². The average Bonchev–Trinajstić information content (AvgIpc) is 3.43. The van der Waals surface area contributed by atoms with Gasteiger partial charge in [-0.2, -0.15) is 5.10 Å². The minimum atomic E-state index is 0.741. The molecule has 5 aromatic rings. The van der Waals surface area contributed by atoms with E-state index in [1.807, 2.05) is 30.7 Å². The SMILES string of the molecule is Cc1cc(C)n(-c2ncnc3c2sc2nc4c(c(-c5ccc(Cl)cc5)c23)CCC4)n1. The van der Waals surface area contributed by atoms with Crippen molar-refractivity contribution >= 4 is 43.4 Å². The number of fused-ring (bicyclic) bond motifs is 4. The summed E-state index contributed by atoms with van der Waals surface area (Å²) in [6.45, 7) is 4.05.